The van der Waals surface area contributed by atoms with E-state index in [1.165, 1.54) is 38.5 Å². The van der Waals surface area contributed by atoms with Crippen LogP contribution in [0.15, 0.2) is 0 Å². The Morgan fingerprint density at radius 2 is 1.04 bits per heavy atom. The quantitative estimate of drug-likeness (QED) is 0.0897. The molecular weight excluding hydrogens is 367 g/mol. The molecule has 0 heterocycles. The molecule has 8 nitrogen and oxygen atoms in total. The SMILES string of the molecule is CCCCCCCCCCCCCCC(O)(O)C(O)(O)C(O)(O)C(=O)[O-].[Na+]. The monoisotopic (exact) mass is 402 g/mol. The number of rotatable bonds is 16. The molecule has 0 amide bonds. The average Bonchev–Trinajstić information content (AvgIpc) is 2.55. The molecule has 0 aliphatic carbocycles. The Hall–Kier alpha value is 0.230. The van der Waals surface area contributed by atoms with E-state index < -0.39 is 29.8 Å². The Morgan fingerprint density at radius 3 is 1.37 bits per heavy atom. The van der Waals surface area contributed by atoms with Crippen molar-refractivity contribution < 1.29 is 70.1 Å². The van der Waals surface area contributed by atoms with Gasteiger partial charge in [-0.25, -0.2) is 0 Å². The third-order valence-corrected chi connectivity index (χ3v) is 4.71. The molecular formula is C18H35NaO8. The molecule has 0 aromatic heterocycles. The van der Waals surface area contributed by atoms with E-state index in [0.29, 0.717) is 6.42 Å². The van der Waals surface area contributed by atoms with Crippen LogP contribution in [0.25, 0.3) is 0 Å². The number of carbonyl (C=O) groups excluding carboxylic acids is 1. The molecule has 0 saturated heterocycles. The van der Waals surface area contributed by atoms with Gasteiger partial charge >= 0.3 is 29.6 Å². The molecule has 6 N–H and O–H groups in total. The molecule has 0 fully saturated rings. The van der Waals surface area contributed by atoms with E-state index in [4.69, 9.17) is 10.2 Å². The summed E-state index contributed by atoms with van der Waals surface area (Å²) in [7, 11) is 0. The van der Waals surface area contributed by atoms with Gasteiger partial charge in [0, 0.05) is 6.42 Å². The van der Waals surface area contributed by atoms with Crippen LogP contribution in [0.4, 0.5) is 0 Å². The number of carboxylic acid groups (broad SMARTS) is 1. The molecule has 0 aromatic carbocycles. The second kappa shape index (κ2) is 14.3. The Bertz CT molecular complexity index is 399. The van der Waals surface area contributed by atoms with Gasteiger partial charge in [-0.2, -0.15) is 0 Å². The van der Waals surface area contributed by atoms with Crippen molar-refractivity contribution in [2.24, 2.45) is 0 Å². The predicted octanol–water partition coefficient (Wildman–Crippen LogP) is -3.13. The Morgan fingerprint density at radius 1 is 0.704 bits per heavy atom. The summed E-state index contributed by atoms with van der Waals surface area (Å²) in [6, 6.07) is 0. The molecule has 27 heavy (non-hydrogen) atoms. The van der Waals surface area contributed by atoms with Crippen LogP contribution in [-0.2, 0) is 4.79 Å². The number of unbranched alkanes of at least 4 members (excludes halogenated alkanes) is 11. The van der Waals surface area contributed by atoms with E-state index in [0.717, 1.165) is 25.7 Å². The maximum Gasteiger partial charge on any atom is 1.00 e. The fraction of sp³-hybridized carbons (Fsp3) is 0.944. The maximum absolute atomic E-state index is 10.5. The van der Waals surface area contributed by atoms with E-state index in [1.54, 1.807) is 0 Å². The molecule has 0 aliphatic rings. The van der Waals surface area contributed by atoms with Gasteiger partial charge in [-0.05, 0) is 6.42 Å². The molecule has 0 spiro atoms. The second-order valence-electron chi connectivity index (χ2n) is 7.09. The van der Waals surface area contributed by atoms with Gasteiger partial charge in [0.15, 0.2) is 0 Å². The van der Waals surface area contributed by atoms with Gasteiger partial charge in [0.05, 0.1) is 0 Å². The van der Waals surface area contributed by atoms with Crippen LogP contribution in [0.2, 0.25) is 0 Å². The van der Waals surface area contributed by atoms with Crippen molar-refractivity contribution in [3.63, 3.8) is 0 Å². The van der Waals surface area contributed by atoms with Crippen molar-refractivity contribution >= 4 is 5.97 Å². The first-order valence-corrected chi connectivity index (χ1v) is 9.56. The topological polar surface area (TPSA) is 162 Å². The molecule has 0 bridgehead atoms. The van der Waals surface area contributed by atoms with Gasteiger partial charge in [-0.1, -0.05) is 77.6 Å². The molecule has 0 atom stereocenters. The fourth-order valence-electron chi connectivity index (χ4n) is 2.81. The smallest absolute Gasteiger partial charge is 0.544 e. The summed E-state index contributed by atoms with van der Waals surface area (Å²) < 4.78 is 0. The summed E-state index contributed by atoms with van der Waals surface area (Å²) in [5.74, 6) is -14.4. The minimum atomic E-state index is -4.21. The van der Waals surface area contributed by atoms with Crippen LogP contribution >= 0.6 is 0 Å². The van der Waals surface area contributed by atoms with Gasteiger partial charge in [0.1, 0.15) is 5.97 Å². The number of aliphatic hydroxyl groups is 6. The Balaban J connectivity index is 0. The predicted molar refractivity (Wildman–Crippen MR) is 92.2 cm³/mol. The largest absolute Gasteiger partial charge is 1.00 e. The first kappa shape index (κ1) is 29.4. The zero-order chi connectivity index (χ0) is 20.3. The van der Waals surface area contributed by atoms with Crippen LogP contribution in [0, 0.1) is 0 Å². The molecule has 156 valence electrons. The number of hydrogen-bond acceptors (Lipinski definition) is 8. The van der Waals surface area contributed by atoms with E-state index in [-0.39, 0.29) is 36.0 Å². The summed E-state index contributed by atoms with van der Waals surface area (Å²) in [6.45, 7) is 2.19. The van der Waals surface area contributed by atoms with Crippen LogP contribution in [0.3, 0.4) is 0 Å². The standard InChI is InChI=1S/C18H36O8.Na/c1-2-3-4-5-6-7-8-9-10-11-12-13-14-16(21,22)18(25,26)17(23,24)15(19)20;/h21-26H,2-14H2,1H3,(H,19,20);/q;+1/p-1. The van der Waals surface area contributed by atoms with E-state index in [2.05, 4.69) is 6.92 Å². The van der Waals surface area contributed by atoms with Crippen molar-refractivity contribution in [1.82, 2.24) is 0 Å². The summed E-state index contributed by atoms with van der Waals surface area (Å²) in [5.41, 5.74) is 0. The maximum atomic E-state index is 10.5. The van der Waals surface area contributed by atoms with Crippen molar-refractivity contribution in [2.75, 3.05) is 0 Å². The van der Waals surface area contributed by atoms with Gasteiger partial charge in [-0.15, -0.1) is 0 Å². The number of carboxylic acids is 1. The van der Waals surface area contributed by atoms with Crippen LogP contribution in [-0.4, -0.2) is 54.0 Å². The Kier molecular flexibility index (Phi) is 15.5. The van der Waals surface area contributed by atoms with E-state index in [1.807, 2.05) is 0 Å². The van der Waals surface area contributed by atoms with Crippen LogP contribution in [0.5, 0.6) is 0 Å². The van der Waals surface area contributed by atoms with Gasteiger partial charge in [0.25, 0.3) is 11.6 Å². The summed E-state index contributed by atoms with van der Waals surface area (Å²) in [6.07, 6.45) is 11.6. The first-order chi connectivity index (χ1) is 12.0. The van der Waals surface area contributed by atoms with E-state index >= 15 is 0 Å². The second-order valence-corrected chi connectivity index (χ2v) is 7.09. The van der Waals surface area contributed by atoms with Crippen molar-refractivity contribution in [3.8, 4) is 0 Å². The number of hydrogen-bond donors (Lipinski definition) is 6. The van der Waals surface area contributed by atoms with E-state index in [9.17, 15) is 30.3 Å². The molecule has 0 unspecified atom stereocenters. The molecule has 0 saturated carbocycles. The summed E-state index contributed by atoms with van der Waals surface area (Å²) in [4.78, 5) is 10.5. The van der Waals surface area contributed by atoms with Gasteiger partial charge in [-0.3, -0.25) is 0 Å². The zero-order valence-corrected chi connectivity index (χ0v) is 18.7. The zero-order valence-electron chi connectivity index (χ0n) is 16.7. The van der Waals surface area contributed by atoms with Crippen molar-refractivity contribution in [2.45, 2.75) is 108 Å². The van der Waals surface area contributed by atoms with Gasteiger partial charge < -0.3 is 40.5 Å². The molecule has 0 rings (SSSR count). The molecule has 0 aromatic rings. The number of aliphatic carboxylic acids is 1. The van der Waals surface area contributed by atoms with Crippen LogP contribution in [0.1, 0.15) is 90.4 Å². The average molecular weight is 402 g/mol. The number of carbonyl (C=O) groups is 1. The summed E-state index contributed by atoms with van der Waals surface area (Å²) >= 11 is 0. The fourth-order valence-corrected chi connectivity index (χ4v) is 2.81. The van der Waals surface area contributed by atoms with Crippen LogP contribution < -0.4 is 34.7 Å². The molecule has 0 radical (unpaired) electrons. The summed E-state index contributed by atoms with van der Waals surface area (Å²) in [5, 5.41) is 66.9. The van der Waals surface area contributed by atoms with Crippen molar-refractivity contribution in [1.29, 1.82) is 0 Å². The van der Waals surface area contributed by atoms with Crippen molar-refractivity contribution in [3.05, 3.63) is 0 Å². The normalized spacial score (nSPS) is 12.7. The molecule has 9 heteroatoms. The minimum absolute atomic E-state index is 0. The Labute approximate surface area is 183 Å². The third-order valence-electron chi connectivity index (χ3n) is 4.71. The van der Waals surface area contributed by atoms with Gasteiger partial charge in [0.2, 0.25) is 5.79 Å². The first-order valence-electron chi connectivity index (χ1n) is 9.56. The third kappa shape index (κ3) is 10.0. The molecule has 0 aliphatic heterocycles. The minimum Gasteiger partial charge on any atom is -0.544 e.